The third-order valence-electron chi connectivity index (χ3n) is 6.69. The van der Waals surface area contributed by atoms with Crippen LogP contribution in [0.3, 0.4) is 0 Å². The molecule has 0 N–H and O–H groups in total. The number of ketones is 1. The van der Waals surface area contributed by atoms with Crippen molar-refractivity contribution in [3.8, 4) is 5.75 Å². The van der Waals surface area contributed by atoms with Gasteiger partial charge in [-0.25, -0.2) is 0 Å². The van der Waals surface area contributed by atoms with Crippen LogP contribution in [0.5, 0.6) is 5.75 Å². The van der Waals surface area contributed by atoms with Crippen molar-refractivity contribution in [1.82, 2.24) is 9.80 Å². The summed E-state index contributed by atoms with van der Waals surface area (Å²) < 4.78 is 5.81. The zero-order chi connectivity index (χ0) is 19.2. The van der Waals surface area contributed by atoms with E-state index in [1.165, 1.54) is 5.56 Å². The minimum Gasteiger partial charge on any atom is -0.491 e. The van der Waals surface area contributed by atoms with Gasteiger partial charge < -0.3 is 4.74 Å². The molecule has 1 aromatic carbocycles. The van der Waals surface area contributed by atoms with Crippen LogP contribution in [0.2, 0.25) is 0 Å². The molecule has 0 amide bonds. The van der Waals surface area contributed by atoms with Crippen LogP contribution in [0.1, 0.15) is 65.1 Å². The number of nitrogens with zero attached hydrogens (tertiary/aromatic N) is 2. The Kier molecular flexibility index (Phi) is 4.84. The maximum atomic E-state index is 13.5. The van der Waals surface area contributed by atoms with Gasteiger partial charge >= 0.3 is 0 Å². The first-order valence-corrected chi connectivity index (χ1v) is 10.7. The smallest absolute Gasteiger partial charge is 0.150 e. The van der Waals surface area contributed by atoms with Crippen molar-refractivity contribution in [1.29, 1.82) is 0 Å². The predicted molar refractivity (Wildman–Crippen MR) is 108 cm³/mol. The van der Waals surface area contributed by atoms with Crippen LogP contribution in [-0.4, -0.2) is 47.9 Å². The third-order valence-corrected chi connectivity index (χ3v) is 6.69. The standard InChI is InChI=1S/C23H34N2O2/c1-5-11-22-13-24-15-23(12-6-2,21(22)26)16-25(14-22)20(24)18-7-9-19(10-8-18)27-17(3)4/h7-10,17,20H,5-6,11-16H2,1-4H3. The summed E-state index contributed by atoms with van der Waals surface area (Å²) >= 11 is 0. The van der Waals surface area contributed by atoms with E-state index in [4.69, 9.17) is 4.74 Å². The molecule has 4 bridgehead atoms. The highest BCUT2D eigenvalue weighted by Crippen LogP contribution is 2.55. The van der Waals surface area contributed by atoms with E-state index in [1.54, 1.807) is 0 Å². The lowest BCUT2D eigenvalue weighted by molar-refractivity contribution is -0.205. The van der Waals surface area contributed by atoms with E-state index in [0.29, 0.717) is 11.9 Å². The molecule has 5 rings (SSSR count). The highest BCUT2D eigenvalue weighted by molar-refractivity contribution is 5.93. The van der Waals surface area contributed by atoms with Gasteiger partial charge in [0.05, 0.1) is 23.1 Å². The third kappa shape index (κ3) is 3.01. The second kappa shape index (κ2) is 6.89. The lowest BCUT2D eigenvalue weighted by atomic mass is 9.57. The fourth-order valence-corrected chi connectivity index (χ4v) is 6.11. The van der Waals surface area contributed by atoms with Crippen molar-refractivity contribution >= 4 is 5.78 Å². The first kappa shape index (κ1) is 18.9. The Labute approximate surface area is 163 Å². The SMILES string of the molecule is CCCC12CN3CC(CCC)(CN(C1)C3c1ccc(OC(C)C)cc1)C2=O. The molecule has 148 valence electrons. The van der Waals surface area contributed by atoms with E-state index in [0.717, 1.165) is 57.6 Å². The number of carbonyl (C=O) groups is 1. The summed E-state index contributed by atoms with van der Waals surface area (Å²) in [6.45, 7) is 12.3. The van der Waals surface area contributed by atoms with Crippen molar-refractivity contribution in [3.63, 3.8) is 0 Å². The molecule has 0 unspecified atom stereocenters. The van der Waals surface area contributed by atoms with E-state index < -0.39 is 0 Å². The molecule has 4 aliphatic rings. The van der Waals surface area contributed by atoms with Gasteiger partial charge in [0, 0.05) is 26.2 Å². The van der Waals surface area contributed by atoms with Crippen molar-refractivity contribution in [2.45, 2.75) is 65.6 Å². The summed E-state index contributed by atoms with van der Waals surface area (Å²) in [6, 6.07) is 8.62. The maximum absolute atomic E-state index is 13.5. The molecule has 4 saturated heterocycles. The second-order valence-corrected chi connectivity index (χ2v) is 9.31. The van der Waals surface area contributed by atoms with Crippen molar-refractivity contribution in [2.24, 2.45) is 10.8 Å². The van der Waals surface area contributed by atoms with Gasteiger partial charge in [-0.15, -0.1) is 0 Å². The quantitative estimate of drug-likeness (QED) is 0.718. The Morgan fingerprint density at radius 1 is 0.963 bits per heavy atom. The lowest BCUT2D eigenvalue weighted by Gasteiger charge is -2.66. The fourth-order valence-electron chi connectivity index (χ4n) is 6.11. The van der Waals surface area contributed by atoms with Gasteiger partial charge in [0.2, 0.25) is 0 Å². The number of piperidine rings is 2. The summed E-state index contributed by atoms with van der Waals surface area (Å²) in [5.74, 6) is 1.51. The molecule has 4 aliphatic heterocycles. The van der Waals surface area contributed by atoms with Gasteiger partial charge in [0.15, 0.2) is 0 Å². The predicted octanol–water partition coefficient (Wildman–Crippen LogP) is 4.26. The van der Waals surface area contributed by atoms with Crippen LogP contribution in [-0.2, 0) is 4.79 Å². The summed E-state index contributed by atoms with van der Waals surface area (Å²) in [4.78, 5) is 18.7. The molecular weight excluding hydrogens is 336 g/mol. The van der Waals surface area contributed by atoms with Gasteiger partial charge in [0.1, 0.15) is 11.5 Å². The zero-order valence-electron chi connectivity index (χ0n) is 17.3. The molecule has 0 radical (unpaired) electrons. The minimum atomic E-state index is -0.141. The Balaban J connectivity index is 1.63. The fraction of sp³-hybridized carbons (Fsp3) is 0.696. The van der Waals surface area contributed by atoms with E-state index >= 15 is 0 Å². The molecule has 27 heavy (non-hydrogen) atoms. The van der Waals surface area contributed by atoms with E-state index in [2.05, 4.69) is 61.8 Å². The van der Waals surface area contributed by atoms with Crippen molar-refractivity contribution < 1.29 is 9.53 Å². The molecule has 0 atom stereocenters. The largest absolute Gasteiger partial charge is 0.491 e. The molecule has 0 aliphatic carbocycles. The Bertz CT molecular complexity index is 653. The lowest BCUT2D eigenvalue weighted by Crippen LogP contribution is -2.76. The van der Waals surface area contributed by atoms with Crippen molar-refractivity contribution in [3.05, 3.63) is 29.8 Å². The number of hydrogen-bond donors (Lipinski definition) is 0. The van der Waals surface area contributed by atoms with Crippen LogP contribution in [0, 0.1) is 10.8 Å². The molecular formula is C23H34N2O2. The first-order valence-electron chi connectivity index (χ1n) is 10.7. The topological polar surface area (TPSA) is 32.8 Å². The number of ether oxygens (including phenoxy) is 1. The Morgan fingerprint density at radius 3 is 1.85 bits per heavy atom. The van der Waals surface area contributed by atoms with Gasteiger partial charge in [-0.3, -0.25) is 14.6 Å². The van der Waals surface area contributed by atoms with E-state index in [9.17, 15) is 4.79 Å². The normalized spacial score (nSPS) is 37.2. The number of rotatable bonds is 7. The average Bonchev–Trinajstić information content (AvgIpc) is 2.60. The van der Waals surface area contributed by atoms with Crippen LogP contribution in [0.15, 0.2) is 24.3 Å². The maximum Gasteiger partial charge on any atom is 0.150 e. The summed E-state index contributed by atoms with van der Waals surface area (Å²) in [7, 11) is 0. The van der Waals surface area contributed by atoms with Gasteiger partial charge in [0.25, 0.3) is 0 Å². The molecule has 4 fully saturated rings. The number of benzene rings is 1. The zero-order valence-corrected chi connectivity index (χ0v) is 17.3. The summed E-state index contributed by atoms with van der Waals surface area (Å²) in [5, 5.41) is 0. The Morgan fingerprint density at radius 2 is 1.44 bits per heavy atom. The molecule has 0 saturated carbocycles. The number of Topliss-reactive ketones (excluding diaryl/α,β-unsaturated/α-hetero) is 1. The number of hydrogen-bond acceptors (Lipinski definition) is 4. The molecule has 1 aromatic rings. The molecule has 4 heteroatoms. The van der Waals surface area contributed by atoms with Crippen LogP contribution in [0.4, 0.5) is 0 Å². The van der Waals surface area contributed by atoms with E-state index in [1.807, 2.05) is 0 Å². The average molecular weight is 371 g/mol. The van der Waals surface area contributed by atoms with Crippen LogP contribution >= 0.6 is 0 Å². The molecule has 4 nitrogen and oxygen atoms in total. The highest BCUT2D eigenvalue weighted by atomic mass is 16.5. The molecule has 4 heterocycles. The molecule has 0 spiro atoms. The van der Waals surface area contributed by atoms with Gasteiger partial charge in [-0.1, -0.05) is 38.8 Å². The van der Waals surface area contributed by atoms with Crippen LogP contribution < -0.4 is 4.74 Å². The molecule has 0 aromatic heterocycles. The first-order chi connectivity index (χ1) is 12.9. The summed E-state index contributed by atoms with van der Waals surface area (Å²) in [6.07, 6.45) is 4.72. The van der Waals surface area contributed by atoms with E-state index in [-0.39, 0.29) is 16.9 Å². The Hall–Kier alpha value is -1.39. The monoisotopic (exact) mass is 370 g/mol. The van der Waals surface area contributed by atoms with Crippen LogP contribution in [0.25, 0.3) is 0 Å². The van der Waals surface area contributed by atoms with Gasteiger partial charge in [-0.05, 0) is 44.4 Å². The number of carbonyl (C=O) groups excluding carboxylic acids is 1. The summed E-state index contributed by atoms with van der Waals surface area (Å²) in [5.41, 5.74) is 1.05. The van der Waals surface area contributed by atoms with Gasteiger partial charge in [-0.2, -0.15) is 0 Å². The highest BCUT2D eigenvalue weighted by Gasteiger charge is 2.64. The minimum absolute atomic E-state index is 0.141. The van der Waals surface area contributed by atoms with Crippen molar-refractivity contribution in [2.75, 3.05) is 26.2 Å². The second-order valence-electron chi connectivity index (χ2n) is 9.31.